The second-order valence-corrected chi connectivity index (χ2v) is 5.76. The van der Waals surface area contributed by atoms with Gasteiger partial charge in [0.15, 0.2) is 0 Å². The van der Waals surface area contributed by atoms with Crippen LogP contribution in [0.25, 0.3) is 10.8 Å². The van der Waals surface area contributed by atoms with E-state index in [1.54, 1.807) is 48.5 Å². The van der Waals surface area contributed by atoms with Crippen LogP contribution in [0.5, 0.6) is 5.75 Å². The Bertz CT molecular complexity index is 897. The maximum Gasteiger partial charge on any atom is 0.323 e. The number of phenolic OH excluding ortho intramolecular Hbond substituents is 1. The minimum atomic E-state index is -0.435. The number of aromatic hydroxyl groups is 1. The average Bonchev–Trinajstić information content (AvgIpc) is 2.51. The number of hydrogen-bond donors (Lipinski definition) is 3. The van der Waals surface area contributed by atoms with Crippen LogP contribution in [0.4, 0.5) is 16.2 Å². The minimum absolute atomic E-state index is 0.171. The molecule has 0 spiro atoms. The highest BCUT2D eigenvalue weighted by atomic mass is 35.5. The standard InChI is InChI=1S/C17H12Cl2N2O2/c18-11-4-7-14(19)16(9-11)21-17(23)20-15-3-1-2-10-8-12(22)5-6-13(10)15/h1-9,22H,(H2,20,21,23). The molecule has 0 aliphatic carbocycles. The Kier molecular flexibility index (Phi) is 4.28. The number of fused-ring (bicyclic) bond motifs is 1. The molecule has 23 heavy (non-hydrogen) atoms. The number of carbonyl (C=O) groups is 1. The summed E-state index contributed by atoms with van der Waals surface area (Å²) in [5, 5.41) is 17.5. The SMILES string of the molecule is O=C(Nc1cc(Cl)ccc1Cl)Nc1cccc2cc(O)ccc12. The average molecular weight is 347 g/mol. The van der Waals surface area contributed by atoms with Gasteiger partial charge < -0.3 is 15.7 Å². The Morgan fingerprint density at radius 1 is 0.913 bits per heavy atom. The van der Waals surface area contributed by atoms with Crippen LogP contribution in [0.1, 0.15) is 0 Å². The van der Waals surface area contributed by atoms with Gasteiger partial charge in [-0.1, -0.05) is 35.3 Å². The molecule has 116 valence electrons. The molecule has 0 aliphatic heterocycles. The Morgan fingerprint density at radius 2 is 1.70 bits per heavy atom. The summed E-state index contributed by atoms with van der Waals surface area (Å²) in [6, 6.07) is 14.8. The number of carbonyl (C=O) groups excluding carboxylic acids is 1. The third-order valence-electron chi connectivity index (χ3n) is 3.29. The fourth-order valence-electron chi connectivity index (χ4n) is 2.25. The molecule has 3 aromatic carbocycles. The molecule has 0 radical (unpaired) electrons. The molecule has 0 aromatic heterocycles. The largest absolute Gasteiger partial charge is 0.508 e. The van der Waals surface area contributed by atoms with Crippen LogP contribution in [0.2, 0.25) is 10.0 Å². The van der Waals surface area contributed by atoms with Gasteiger partial charge in [-0.25, -0.2) is 4.79 Å². The minimum Gasteiger partial charge on any atom is -0.508 e. The zero-order valence-corrected chi connectivity index (χ0v) is 13.3. The molecule has 3 aromatic rings. The van der Waals surface area contributed by atoms with Crippen LogP contribution in [0.15, 0.2) is 54.6 Å². The second kappa shape index (κ2) is 6.36. The van der Waals surface area contributed by atoms with Crippen molar-refractivity contribution in [2.45, 2.75) is 0 Å². The van der Waals surface area contributed by atoms with E-state index in [0.717, 1.165) is 10.8 Å². The molecule has 0 fully saturated rings. The topological polar surface area (TPSA) is 61.4 Å². The molecule has 3 N–H and O–H groups in total. The molecule has 0 saturated heterocycles. The van der Waals surface area contributed by atoms with E-state index in [-0.39, 0.29) is 5.75 Å². The van der Waals surface area contributed by atoms with Gasteiger partial charge in [-0.2, -0.15) is 0 Å². The first kappa shape index (κ1) is 15.5. The number of phenols is 1. The smallest absolute Gasteiger partial charge is 0.323 e. The Morgan fingerprint density at radius 3 is 2.52 bits per heavy atom. The quantitative estimate of drug-likeness (QED) is 0.573. The van der Waals surface area contributed by atoms with Crippen LogP contribution in [0, 0.1) is 0 Å². The van der Waals surface area contributed by atoms with Crippen molar-refractivity contribution in [2.75, 3.05) is 10.6 Å². The number of amides is 2. The number of nitrogens with one attached hydrogen (secondary N) is 2. The second-order valence-electron chi connectivity index (χ2n) is 4.91. The Hall–Kier alpha value is -2.43. The number of hydrogen-bond acceptors (Lipinski definition) is 2. The van der Waals surface area contributed by atoms with Crippen LogP contribution in [-0.2, 0) is 0 Å². The molecular weight excluding hydrogens is 335 g/mol. The highest BCUT2D eigenvalue weighted by Gasteiger charge is 2.09. The number of halogens is 2. The number of anilines is 2. The van der Waals surface area contributed by atoms with Gasteiger partial charge in [-0.15, -0.1) is 0 Å². The van der Waals surface area contributed by atoms with E-state index in [4.69, 9.17) is 23.2 Å². The highest BCUT2D eigenvalue weighted by Crippen LogP contribution is 2.28. The van der Waals surface area contributed by atoms with Crippen LogP contribution in [-0.4, -0.2) is 11.1 Å². The van der Waals surface area contributed by atoms with Gasteiger partial charge >= 0.3 is 6.03 Å². The van der Waals surface area contributed by atoms with Gasteiger partial charge in [0.05, 0.1) is 16.4 Å². The van der Waals surface area contributed by atoms with Crippen molar-refractivity contribution in [3.63, 3.8) is 0 Å². The molecule has 0 heterocycles. The first-order chi connectivity index (χ1) is 11.0. The summed E-state index contributed by atoms with van der Waals surface area (Å²) in [4.78, 5) is 12.2. The number of benzene rings is 3. The van der Waals surface area contributed by atoms with Crippen LogP contribution >= 0.6 is 23.2 Å². The number of urea groups is 1. The molecule has 0 atom stereocenters. The van der Waals surface area contributed by atoms with E-state index < -0.39 is 6.03 Å². The van der Waals surface area contributed by atoms with E-state index in [2.05, 4.69) is 10.6 Å². The van der Waals surface area contributed by atoms with Gasteiger partial charge in [0.1, 0.15) is 5.75 Å². The van der Waals surface area contributed by atoms with Gasteiger partial charge in [0.2, 0.25) is 0 Å². The van der Waals surface area contributed by atoms with Gasteiger partial charge in [-0.3, -0.25) is 0 Å². The fourth-order valence-corrected chi connectivity index (χ4v) is 2.59. The molecule has 0 aliphatic rings. The Balaban J connectivity index is 1.84. The molecule has 4 nitrogen and oxygen atoms in total. The van der Waals surface area contributed by atoms with Crippen molar-refractivity contribution in [2.24, 2.45) is 0 Å². The van der Waals surface area contributed by atoms with Crippen LogP contribution in [0.3, 0.4) is 0 Å². The summed E-state index contributed by atoms with van der Waals surface area (Å²) < 4.78 is 0. The lowest BCUT2D eigenvalue weighted by molar-refractivity contribution is 0.262. The summed E-state index contributed by atoms with van der Waals surface area (Å²) >= 11 is 11.9. The lowest BCUT2D eigenvalue weighted by atomic mass is 10.1. The van der Waals surface area contributed by atoms with E-state index >= 15 is 0 Å². The highest BCUT2D eigenvalue weighted by molar-refractivity contribution is 6.35. The third kappa shape index (κ3) is 3.50. The molecule has 6 heteroatoms. The van der Waals surface area contributed by atoms with Crippen molar-refractivity contribution in [1.82, 2.24) is 0 Å². The first-order valence-electron chi connectivity index (χ1n) is 6.78. The lowest BCUT2D eigenvalue weighted by Gasteiger charge is -2.11. The molecule has 0 saturated carbocycles. The molecular formula is C17H12Cl2N2O2. The summed E-state index contributed by atoms with van der Waals surface area (Å²) in [7, 11) is 0. The lowest BCUT2D eigenvalue weighted by Crippen LogP contribution is -2.19. The van der Waals surface area contributed by atoms with Gasteiger partial charge in [0.25, 0.3) is 0 Å². The summed E-state index contributed by atoms with van der Waals surface area (Å²) in [5.41, 5.74) is 1.05. The fraction of sp³-hybridized carbons (Fsp3) is 0. The predicted octanol–water partition coefficient (Wildman–Crippen LogP) is 5.50. The van der Waals surface area contributed by atoms with Gasteiger partial charge in [-0.05, 0) is 47.9 Å². The van der Waals surface area contributed by atoms with E-state index in [1.807, 2.05) is 6.07 Å². The predicted molar refractivity (Wildman–Crippen MR) is 94.7 cm³/mol. The summed E-state index contributed by atoms with van der Waals surface area (Å²) in [6.45, 7) is 0. The zero-order chi connectivity index (χ0) is 16.4. The van der Waals surface area contributed by atoms with Crippen molar-refractivity contribution in [1.29, 1.82) is 0 Å². The monoisotopic (exact) mass is 346 g/mol. The van der Waals surface area contributed by atoms with E-state index in [1.165, 1.54) is 0 Å². The van der Waals surface area contributed by atoms with Crippen molar-refractivity contribution < 1.29 is 9.90 Å². The van der Waals surface area contributed by atoms with Crippen molar-refractivity contribution >= 4 is 51.4 Å². The Labute approximate surface area is 142 Å². The van der Waals surface area contributed by atoms with Crippen molar-refractivity contribution in [3.05, 3.63) is 64.6 Å². The molecule has 0 bridgehead atoms. The maximum atomic E-state index is 12.2. The summed E-state index contributed by atoms with van der Waals surface area (Å²) in [5.74, 6) is 0.171. The molecule has 2 amide bonds. The first-order valence-corrected chi connectivity index (χ1v) is 7.53. The van der Waals surface area contributed by atoms with Gasteiger partial charge in [0, 0.05) is 10.4 Å². The van der Waals surface area contributed by atoms with Crippen molar-refractivity contribution in [3.8, 4) is 5.75 Å². The number of rotatable bonds is 2. The van der Waals surface area contributed by atoms with Crippen LogP contribution < -0.4 is 10.6 Å². The zero-order valence-electron chi connectivity index (χ0n) is 11.8. The maximum absolute atomic E-state index is 12.2. The van der Waals surface area contributed by atoms with E-state index in [0.29, 0.717) is 21.4 Å². The van der Waals surface area contributed by atoms with E-state index in [9.17, 15) is 9.90 Å². The third-order valence-corrected chi connectivity index (χ3v) is 3.85. The molecule has 0 unspecified atom stereocenters. The normalized spacial score (nSPS) is 10.5. The summed E-state index contributed by atoms with van der Waals surface area (Å²) in [6.07, 6.45) is 0. The molecule has 3 rings (SSSR count).